The monoisotopic (exact) mass is 162 g/mol. The van der Waals surface area contributed by atoms with Crippen LogP contribution in [-0.2, 0) is 0 Å². The Morgan fingerprint density at radius 3 is 2.50 bits per heavy atom. The van der Waals surface area contributed by atoms with Gasteiger partial charge in [-0.2, -0.15) is 5.26 Å². The molecule has 0 fully saturated rings. The van der Waals surface area contributed by atoms with Gasteiger partial charge in [-0.15, -0.1) is 0 Å². The first kappa shape index (κ1) is 8.41. The van der Waals surface area contributed by atoms with Crippen LogP contribution in [0.1, 0.15) is 5.56 Å². The van der Waals surface area contributed by atoms with Gasteiger partial charge in [0.15, 0.2) is 0 Å². The summed E-state index contributed by atoms with van der Waals surface area (Å²) < 4.78 is 0. The predicted molar refractivity (Wildman–Crippen MR) is 47.1 cm³/mol. The first-order valence-electron chi connectivity index (χ1n) is 3.55. The van der Waals surface area contributed by atoms with Gasteiger partial charge in [0, 0.05) is 14.1 Å². The maximum absolute atomic E-state index is 9.40. The average Bonchev–Trinajstić information content (AvgIpc) is 2.03. The molecule has 1 N–H and O–H groups in total. The largest absolute Gasteiger partial charge is 0.506 e. The maximum Gasteiger partial charge on any atom is 0.140 e. The minimum Gasteiger partial charge on any atom is -0.506 e. The van der Waals surface area contributed by atoms with Crippen molar-refractivity contribution in [3.8, 4) is 11.8 Å². The molecule has 3 nitrogen and oxygen atoms in total. The molecule has 0 spiro atoms. The highest BCUT2D eigenvalue weighted by atomic mass is 16.3. The molecule has 0 unspecified atom stereocenters. The van der Waals surface area contributed by atoms with E-state index >= 15 is 0 Å². The van der Waals surface area contributed by atoms with E-state index < -0.39 is 0 Å². The van der Waals surface area contributed by atoms with Crippen LogP contribution in [0.3, 0.4) is 0 Å². The van der Waals surface area contributed by atoms with Gasteiger partial charge in [0.2, 0.25) is 0 Å². The number of nitriles is 1. The number of aromatic hydroxyl groups is 1. The molecule has 0 atom stereocenters. The van der Waals surface area contributed by atoms with E-state index in [-0.39, 0.29) is 5.75 Å². The fourth-order valence-corrected chi connectivity index (χ4v) is 0.971. The molecule has 0 saturated carbocycles. The van der Waals surface area contributed by atoms with E-state index in [1.54, 1.807) is 17.0 Å². The number of hydrogen-bond acceptors (Lipinski definition) is 3. The number of phenols is 1. The fourth-order valence-electron chi connectivity index (χ4n) is 0.971. The summed E-state index contributed by atoms with van der Waals surface area (Å²) in [5.74, 6) is 0.138. The highest BCUT2D eigenvalue weighted by molar-refractivity contribution is 5.59. The maximum atomic E-state index is 9.40. The zero-order chi connectivity index (χ0) is 9.14. The summed E-state index contributed by atoms with van der Waals surface area (Å²) in [7, 11) is 3.67. The van der Waals surface area contributed by atoms with Crippen molar-refractivity contribution in [2.24, 2.45) is 0 Å². The number of benzene rings is 1. The SMILES string of the molecule is CN(C)c1ccc(C#N)cc1O. The van der Waals surface area contributed by atoms with Crippen LogP contribution in [0, 0.1) is 11.3 Å². The Bertz CT molecular complexity index is 326. The highest BCUT2D eigenvalue weighted by Gasteiger charge is 2.02. The van der Waals surface area contributed by atoms with Gasteiger partial charge in [-0.25, -0.2) is 0 Å². The lowest BCUT2D eigenvalue weighted by Crippen LogP contribution is -2.08. The number of hydrogen-bond donors (Lipinski definition) is 1. The molecule has 62 valence electrons. The molecule has 0 aliphatic carbocycles. The van der Waals surface area contributed by atoms with Crippen molar-refractivity contribution < 1.29 is 5.11 Å². The lowest BCUT2D eigenvalue weighted by molar-refractivity contribution is 0.475. The topological polar surface area (TPSA) is 47.3 Å². The zero-order valence-corrected chi connectivity index (χ0v) is 7.07. The molecular weight excluding hydrogens is 152 g/mol. The summed E-state index contributed by atoms with van der Waals surface area (Å²) in [5.41, 5.74) is 1.19. The van der Waals surface area contributed by atoms with Gasteiger partial charge in [0.1, 0.15) is 5.75 Å². The Kier molecular flexibility index (Phi) is 2.20. The fraction of sp³-hybridized carbons (Fsp3) is 0.222. The molecule has 0 radical (unpaired) electrons. The second-order valence-electron chi connectivity index (χ2n) is 2.71. The number of anilines is 1. The molecule has 0 bridgehead atoms. The lowest BCUT2D eigenvalue weighted by Gasteiger charge is -2.13. The van der Waals surface area contributed by atoms with Crippen LogP contribution in [-0.4, -0.2) is 19.2 Å². The standard InChI is InChI=1S/C9H10N2O/c1-11(2)8-4-3-7(6-10)5-9(8)12/h3-5,12H,1-2H3. The first-order valence-corrected chi connectivity index (χ1v) is 3.55. The molecule has 0 aromatic heterocycles. The van der Waals surface area contributed by atoms with Crippen molar-refractivity contribution in [2.45, 2.75) is 0 Å². The smallest absolute Gasteiger partial charge is 0.140 e. The second kappa shape index (κ2) is 3.14. The summed E-state index contributed by atoms with van der Waals surface area (Å²) in [6.07, 6.45) is 0. The van der Waals surface area contributed by atoms with Crippen molar-refractivity contribution in [3.05, 3.63) is 23.8 Å². The number of rotatable bonds is 1. The third-order valence-corrected chi connectivity index (χ3v) is 1.59. The summed E-state index contributed by atoms with van der Waals surface area (Å²) in [6.45, 7) is 0. The molecule has 0 saturated heterocycles. The summed E-state index contributed by atoms with van der Waals surface area (Å²) in [4.78, 5) is 1.79. The van der Waals surface area contributed by atoms with E-state index in [1.165, 1.54) is 6.07 Å². The van der Waals surface area contributed by atoms with E-state index in [0.29, 0.717) is 11.3 Å². The lowest BCUT2D eigenvalue weighted by atomic mass is 10.2. The highest BCUT2D eigenvalue weighted by Crippen LogP contribution is 2.25. The van der Waals surface area contributed by atoms with Crippen molar-refractivity contribution in [2.75, 3.05) is 19.0 Å². The van der Waals surface area contributed by atoms with Gasteiger partial charge in [-0.1, -0.05) is 0 Å². The summed E-state index contributed by atoms with van der Waals surface area (Å²) in [6, 6.07) is 6.80. The Morgan fingerprint density at radius 1 is 1.42 bits per heavy atom. The molecule has 0 aliphatic heterocycles. The van der Waals surface area contributed by atoms with Crippen LogP contribution in [0.25, 0.3) is 0 Å². The van der Waals surface area contributed by atoms with Crippen LogP contribution < -0.4 is 4.90 Å². The van der Waals surface area contributed by atoms with Gasteiger partial charge in [-0.3, -0.25) is 0 Å². The summed E-state index contributed by atoms with van der Waals surface area (Å²) in [5, 5.41) is 17.9. The van der Waals surface area contributed by atoms with Crippen molar-refractivity contribution in [1.82, 2.24) is 0 Å². The molecule has 1 rings (SSSR count). The van der Waals surface area contributed by atoms with Crippen LogP contribution in [0.5, 0.6) is 5.75 Å². The molecule has 0 heterocycles. The molecular formula is C9H10N2O. The van der Waals surface area contributed by atoms with E-state index in [0.717, 1.165) is 0 Å². The van der Waals surface area contributed by atoms with E-state index in [9.17, 15) is 5.11 Å². The first-order chi connectivity index (χ1) is 5.65. The van der Waals surface area contributed by atoms with Crippen LogP contribution in [0.15, 0.2) is 18.2 Å². The molecule has 1 aromatic carbocycles. The Labute approximate surface area is 71.5 Å². The molecule has 12 heavy (non-hydrogen) atoms. The van der Waals surface area contributed by atoms with E-state index in [1.807, 2.05) is 20.2 Å². The molecule has 0 amide bonds. The number of phenolic OH excluding ortho intramolecular Hbond substituents is 1. The molecule has 3 heteroatoms. The van der Waals surface area contributed by atoms with Crippen LogP contribution in [0.4, 0.5) is 5.69 Å². The van der Waals surface area contributed by atoms with Gasteiger partial charge in [0.05, 0.1) is 17.3 Å². The Hall–Kier alpha value is -1.69. The second-order valence-corrected chi connectivity index (χ2v) is 2.71. The molecule has 0 aliphatic rings. The van der Waals surface area contributed by atoms with Crippen LogP contribution in [0.2, 0.25) is 0 Å². The van der Waals surface area contributed by atoms with Gasteiger partial charge in [-0.05, 0) is 18.2 Å². The quantitative estimate of drug-likeness (QED) is 0.677. The number of nitrogens with zero attached hydrogens (tertiary/aromatic N) is 2. The summed E-state index contributed by atoms with van der Waals surface area (Å²) >= 11 is 0. The van der Waals surface area contributed by atoms with Crippen molar-refractivity contribution >= 4 is 5.69 Å². The molecule has 1 aromatic rings. The third kappa shape index (κ3) is 1.48. The van der Waals surface area contributed by atoms with Gasteiger partial charge >= 0.3 is 0 Å². The van der Waals surface area contributed by atoms with Crippen molar-refractivity contribution in [1.29, 1.82) is 5.26 Å². The zero-order valence-electron chi connectivity index (χ0n) is 7.07. The Balaban J connectivity index is 3.14. The van der Waals surface area contributed by atoms with E-state index in [2.05, 4.69) is 0 Å². The predicted octanol–water partition coefficient (Wildman–Crippen LogP) is 1.33. The van der Waals surface area contributed by atoms with Crippen LogP contribution >= 0.6 is 0 Å². The van der Waals surface area contributed by atoms with Gasteiger partial charge in [0.25, 0.3) is 0 Å². The Morgan fingerprint density at radius 2 is 2.08 bits per heavy atom. The van der Waals surface area contributed by atoms with E-state index in [4.69, 9.17) is 5.26 Å². The third-order valence-electron chi connectivity index (χ3n) is 1.59. The average molecular weight is 162 g/mol. The van der Waals surface area contributed by atoms with Gasteiger partial charge < -0.3 is 10.0 Å². The minimum absolute atomic E-state index is 0.138. The normalized spacial score (nSPS) is 9.08. The minimum atomic E-state index is 0.138. The van der Waals surface area contributed by atoms with Crippen molar-refractivity contribution in [3.63, 3.8) is 0 Å².